The number of esters is 1. The average Bonchev–Trinajstić information content (AvgIpc) is 3.45. The van der Waals surface area contributed by atoms with Gasteiger partial charge in [-0.15, -0.1) is 11.3 Å². The van der Waals surface area contributed by atoms with Crippen LogP contribution in [0.5, 0.6) is 0 Å². The first-order valence-corrected chi connectivity index (χ1v) is 11.8. The Hall–Kier alpha value is -2.23. The number of hydrogen-bond donors (Lipinski definition) is 1. The number of aryl methyl sites for hydroxylation is 1. The lowest BCUT2D eigenvalue weighted by Gasteiger charge is -2.16. The molecule has 1 aliphatic carbocycles. The second-order valence-electron chi connectivity index (χ2n) is 7.15. The number of nitrogens with zero attached hydrogens (tertiary/aromatic N) is 1. The maximum Gasteiger partial charge on any atom is 0.341 e. The topological polar surface area (TPSA) is 92.8 Å². The van der Waals surface area contributed by atoms with Crippen LogP contribution in [0, 0.1) is 0 Å². The van der Waals surface area contributed by atoms with Crippen LogP contribution in [0.4, 0.5) is 5.00 Å². The molecular formula is C20H22N2O5S2. The lowest BCUT2D eigenvalue weighted by Crippen LogP contribution is -2.28. The molecule has 154 valence electrons. The summed E-state index contributed by atoms with van der Waals surface area (Å²) in [5.74, 6) is -0.918. The van der Waals surface area contributed by atoms with Gasteiger partial charge in [0.2, 0.25) is 10.0 Å². The Balaban J connectivity index is 1.61. The molecule has 0 radical (unpaired) electrons. The van der Waals surface area contributed by atoms with Gasteiger partial charge in [0.05, 0.1) is 17.6 Å². The minimum Gasteiger partial charge on any atom is -0.465 e. The fourth-order valence-electron chi connectivity index (χ4n) is 3.86. The number of anilines is 1. The molecule has 0 spiro atoms. The maximum absolute atomic E-state index is 12.8. The third kappa shape index (κ3) is 3.70. The molecule has 0 bridgehead atoms. The molecule has 2 aliphatic rings. The molecule has 1 fully saturated rings. The summed E-state index contributed by atoms with van der Waals surface area (Å²) in [7, 11) is -2.29. The summed E-state index contributed by atoms with van der Waals surface area (Å²) in [5.41, 5.74) is 1.59. The number of benzene rings is 1. The molecule has 9 heteroatoms. The zero-order valence-electron chi connectivity index (χ0n) is 16.1. The first-order valence-electron chi connectivity index (χ1n) is 9.56. The van der Waals surface area contributed by atoms with Crippen LogP contribution in [0.2, 0.25) is 0 Å². The summed E-state index contributed by atoms with van der Waals surface area (Å²) in [6.45, 7) is 1.00. The first kappa shape index (κ1) is 20.1. The van der Waals surface area contributed by atoms with E-state index in [1.54, 1.807) is 12.1 Å². The third-order valence-electron chi connectivity index (χ3n) is 5.34. The molecule has 1 saturated heterocycles. The van der Waals surface area contributed by atoms with Crippen LogP contribution in [-0.2, 0) is 27.6 Å². The minimum atomic E-state index is -3.61. The maximum atomic E-state index is 12.8. The molecule has 29 heavy (non-hydrogen) atoms. The van der Waals surface area contributed by atoms with Gasteiger partial charge in [-0.25, -0.2) is 13.2 Å². The molecule has 0 atom stereocenters. The van der Waals surface area contributed by atoms with Gasteiger partial charge in [0, 0.05) is 23.5 Å². The van der Waals surface area contributed by atoms with Crippen LogP contribution in [0.3, 0.4) is 0 Å². The minimum absolute atomic E-state index is 0.105. The van der Waals surface area contributed by atoms with Gasteiger partial charge in [-0.05, 0) is 55.9 Å². The normalized spacial score (nSPS) is 16.6. The molecule has 0 saturated carbocycles. The predicted molar refractivity (Wildman–Crippen MR) is 110 cm³/mol. The van der Waals surface area contributed by atoms with Crippen molar-refractivity contribution < 1.29 is 22.7 Å². The molecule has 0 unspecified atom stereocenters. The van der Waals surface area contributed by atoms with Crippen molar-refractivity contribution in [1.82, 2.24) is 4.31 Å². The van der Waals surface area contributed by atoms with Crippen molar-refractivity contribution in [3.8, 4) is 0 Å². The first-order chi connectivity index (χ1) is 13.9. The van der Waals surface area contributed by atoms with E-state index < -0.39 is 21.9 Å². The number of thiophene rings is 1. The van der Waals surface area contributed by atoms with Gasteiger partial charge in [-0.3, -0.25) is 4.79 Å². The number of carbonyl (C=O) groups is 2. The molecule has 1 aliphatic heterocycles. The molecule has 1 aromatic carbocycles. The Labute approximate surface area is 173 Å². The summed E-state index contributed by atoms with van der Waals surface area (Å²) in [4.78, 5) is 26.3. The Kier molecular flexibility index (Phi) is 5.46. The SMILES string of the molecule is COC(=O)c1c(NC(=O)c2cccc(S(=O)(=O)N3CCCC3)c2)sc2c1CCC2. The highest BCUT2D eigenvalue weighted by Gasteiger charge is 2.30. The largest absolute Gasteiger partial charge is 0.465 e. The number of nitrogens with one attached hydrogen (secondary N) is 1. The van der Waals surface area contributed by atoms with E-state index in [-0.39, 0.29) is 10.5 Å². The van der Waals surface area contributed by atoms with E-state index in [1.165, 1.54) is 34.9 Å². The van der Waals surface area contributed by atoms with Crippen LogP contribution in [0.1, 0.15) is 50.4 Å². The van der Waals surface area contributed by atoms with E-state index in [0.29, 0.717) is 23.7 Å². The third-order valence-corrected chi connectivity index (χ3v) is 8.44. The van der Waals surface area contributed by atoms with Crippen LogP contribution >= 0.6 is 11.3 Å². The molecule has 2 aromatic rings. The van der Waals surface area contributed by atoms with Gasteiger partial charge in [0.15, 0.2) is 0 Å². The van der Waals surface area contributed by atoms with Crippen molar-refractivity contribution in [1.29, 1.82) is 0 Å². The van der Waals surface area contributed by atoms with Gasteiger partial charge < -0.3 is 10.1 Å². The molecule has 4 rings (SSSR count). The van der Waals surface area contributed by atoms with Gasteiger partial charge in [0.1, 0.15) is 5.00 Å². The van der Waals surface area contributed by atoms with Crippen LogP contribution in [0.15, 0.2) is 29.2 Å². The van der Waals surface area contributed by atoms with Crippen molar-refractivity contribution >= 4 is 38.2 Å². The summed E-state index contributed by atoms with van der Waals surface area (Å²) < 4.78 is 31.9. The Morgan fingerprint density at radius 3 is 2.62 bits per heavy atom. The van der Waals surface area contributed by atoms with E-state index >= 15 is 0 Å². The highest BCUT2D eigenvalue weighted by atomic mass is 32.2. The number of carbonyl (C=O) groups excluding carboxylic acids is 2. The fourth-order valence-corrected chi connectivity index (χ4v) is 6.70. The number of fused-ring (bicyclic) bond motifs is 1. The average molecular weight is 435 g/mol. The van der Waals surface area contributed by atoms with Crippen molar-refractivity contribution in [3.63, 3.8) is 0 Å². The van der Waals surface area contributed by atoms with Crippen molar-refractivity contribution in [2.24, 2.45) is 0 Å². The van der Waals surface area contributed by atoms with Crippen LogP contribution in [-0.4, -0.2) is 44.8 Å². The van der Waals surface area contributed by atoms with E-state index in [2.05, 4.69) is 5.32 Å². The van der Waals surface area contributed by atoms with Gasteiger partial charge in [-0.1, -0.05) is 6.07 Å². The van der Waals surface area contributed by atoms with Crippen LogP contribution in [0.25, 0.3) is 0 Å². The van der Waals surface area contributed by atoms with Gasteiger partial charge >= 0.3 is 5.97 Å². The zero-order chi connectivity index (χ0) is 20.6. The quantitative estimate of drug-likeness (QED) is 0.730. The van der Waals surface area contributed by atoms with Crippen molar-refractivity contribution in [2.45, 2.75) is 37.0 Å². The second-order valence-corrected chi connectivity index (χ2v) is 10.2. The molecular weight excluding hydrogens is 412 g/mol. The number of amides is 1. The predicted octanol–water partition coefficient (Wildman–Crippen LogP) is 3.06. The van der Waals surface area contributed by atoms with Crippen LogP contribution < -0.4 is 5.32 Å². The number of ether oxygens (including phenoxy) is 1. The number of hydrogen-bond acceptors (Lipinski definition) is 6. The van der Waals surface area contributed by atoms with Crippen molar-refractivity contribution in [2.75, 3.05) is 25.5 Å². The molecule has 2 heterocycles. The number of methoxy groups -OCH3 is 1. The monoisotopic (exact) mass is 434 g/mol. The van der Waals surface area contributed by atoms with Gasteiger partial charge in [-0.2, -0.15) is 4.31 Å². The highest BCUT2D eigenvalue weighted by Crippen LogP contribution is 2.39. The molecule has 1 amide bonds. The van der Waals surface area contributed by atoms with E-state index in [4.69, 9.17) is 4.74 Å². The standard InChI is InChI=1S/C20H22N2O5S2/c1-27-20(24)17-15-8-5-9-16(15)28-19(17)21-18(23)13-6-4-7-14(12-13)29(25,26)22-10-2-3-11-22/h4,6-7,12H,2-3,5,8-11H2,1H3,(H,21,23). The Morgan fingerprint density at radius 2 is 1.90 bits per heavy atom. The summed E-state index contributed by atoms with van der Waals surface area (Å²) in [6, 6.07) is 6.02. The summed E-state index contributed by atoms with van der Waals surface area (Å²) in [5, 5.41) is 3.25. The van der Waals surface area contributed by atoms with E-state index in [0.717, 1.165) is 42.5 Å². The zero-order valence-corrected chi connectivity index (χ0v) is 17.7. The Morgan fingerprint density at radius 1 is 1.14 bits per heavy atom. The summed E-state index contributed by atoms with van der Waals surface area (Å²) in [6.07, 6.45) is 4.34. The van der Waals surface area contributed by atoms with E-state index in [9.17, 15) is 18.0 Å². The molecule has 7 nitrogen and oxygen atoms in total. The molecule has 1 N–H and O–H groups in total. The highest BCUT2D eigenvalue weighted by molar-refractivity contribution is 7.89. The summed E-state index contributed by atoms with van der Waals surface area (Å²) >= 11 is 1.39. The second kappa shape index (κ2) is 7.89. The smallest absolute Gasteiger partial charge is 0.341 e. The fraction of sp³-hybridized carbons (Fsp3) is 0.400. The molecule has 1 aromatic heterocycles. The number of sulfonamides is 1. The van der Waals surface area contributed by atoms with Gasteiger partial charge in [0.25, 0.3) is 5.91 Å². The Bertz CT molecular complexity index is 1070. The van der Waals surface area contributed by atoms with Crippen molar-refractivity contribution in [3.05, 3.63) is 45.8 Å². The number of rotatable bonds is 5. The van der Waals surface area contributed by atoms with E-state index in [1.807, 2.05) is 0 Å². The lowest BCUT2D eigenvalue weighted by molar-refractivity contribution is 0.0601. The lowest BCUT2D eigenvalue weighted by atomic mass is 10.1.